The van der Waals surface area contributed by atoms with Gasteiger partial charge in [-0.05, 0) is 38.5 Å². The molecule has 1 aromatic carbocycles. The monoisotopic (exact) mass is 280 g/mol. The molecule has 0 spiro atoms. The first-order valence-electron chi connectivity index (χ1n) is 7.24. The molecule has 0 saturated heterocycles. The number of nitrogens with one attached hydrogen (secondary N) is 1. The summed E-state index contributed by atoms with van der Waals surface area (Å²) in [7, 11) is 0. The van der Waals surface area contributed by atoms with Crippen molar-refractivity contribution in [2.24, 2.45) is 0 Å². The fourth-order valence-electron chi connectivity index (χ4n) is 2.69. The minimum Gasteiger partial charge on any atom is -0.303 e. The second-order valence-corrected chi connectivity index (χ2v) is 5.59. The van der Waals surface area contributed by atoms with Gasteiger partial charge in [0.25, 0.3) is 0 Å². The molecular formula is C17H20N4. The maximum atomic E-state index is 4.29. The Morgan fingerprint density at radius 1 is 1.10 bits per heavy atom. The zero-order valence-electron chi connectivity index (χ0n) is 12.7. The molecule has 0 aliphatic rings. The number of hydrogen-bond donors (Lipinski definition) is 1. The molecule has 0 bridgehead atoms. The highest BCUT2D eigenvalue weighted by Gasteiger charge is 2.12. The fraction of sp³-hybridized carbons (Fsp3) is 0.294. The van der Waals surface area contributed by atoms with Crippen LogP contribution in [-0.2, 0) is 6.54 Å². The summed E-state index contributed by atoms with van der Waals surface area (Å²) in [5.41, 5.74) is 4.78. The number of aryl methyl sites for hydroxylation is 2. The van der Waals surface area contributed by atoms with E-state index in [0.717, 1.165) is 18.0 Å². The molecule has 108 valence electrons. The summed E-state index contributed by atoms with van der Waals surface area (Å²) in [6, 6.07) is 12.7. The van der Waals surface area contributed by atoms with E-state index in [1.165, 1.54) is 16.7 Å². The fourth-order valence-corrected chi connectivity index (χ4v) is 2.69. The van der Waals surface area contributed by atoms with Gasteiger partial charge < -0.3 is 5.32 Å². The molecular weight excluding hydrogens is 260 g/mol. The minimum absolute atomic E-state index is 0.142. The van der Waals surface area contributed by atoms with Crippen LogP contribution in [0.3, 0.4) is 0 Å². The first-order chi connectivity index (χ1) is 10.1. The lowest BCUT2D eigenvalue weighted by atomic mass is 10.1. The van der Waals surface area contributed by atoms with Gasteiger partial charge in [0, 0.05) is 12.7 Å². The molecule has 2 aromatic heterocycles. The van der Waals surface area contributed by atoms with E-state index in [2.05, 4.69) is 54.5 Å². The van der Waals surface area contributed by atoms with Crippen LogP contribution in [-0.4, -0.2) is 14.6 Å². The van der Waals surface area contributed by atoms with Crippen LogP contribution in [0, 0.1) is 13.8 Å². The predicted octanol–water partition coefficient (Wildman–Crippen LogP) is 3.20. The second-order valence-electron chi connectivity index (χ2n) is 5.59. The van der Waals surface area contributed by atoms with E-state index in [1.807, 2.05) is 28.8 Å². The van der Waals surface area contributed by atoms with Gasteiger partial charge in [-0.15, -0.1) is 10.2 Å². The van der Waals surface area contributed by atoms with E-state index in [0.29, 0.717) is 0 Å². The smallest absolute Gasteiger partial charge is 0.160 e. The topological polar surface area (TPSA) is 42.2 Å². The summed E-state index contributed by atoms with van der Waals surface area (Å²) >= 11 is 0. The number of aromatic nitrogens is 3. The Kier molecular flexibility index (Phi) is 3.71. The average molecular weight is 280 g/mol. The van der Waals surface area contributed by atoms with Gasteiger partial charge in [0.15, 0.2) is 11.5 Å². The molecule has 1 unspecified atom stereocenters. The van der Waals surface area contributed by atoms with Crippen LogP contribution in [0.4, 0.5) is 0 Å². The van der Waals surface area contributed by atoms with E-state index in [4.69, 9.17) is 0 Å². The quantitative estimate of drug-likeness (QED) is 0.798. The molecule has 21 heavy (non-hydrogen) atoms. The number of benzene rings is 1. The lowest BCUT2D eigenvalue weighted by Gasteiger charge is -2.13. The van der Waals surface area contributed by atoms with Crippen molar-refractivity contribution in [1.82, 2.24) is 19.9 Å². The number of nitrogens with zero attached hydrogens (tertiary/aromatic N) is 3. The summed E-state index contributed by atoms with van der Waals surface area (Å²) in [6.07, 6.45) is 2.00. The Bertz CT molecular complexity index is 740. The lowest BCUT2D eigenvalue weighted by molar-refractivity contribution is 0.541. The molecule has 0 amide bonds. The van der Waals surface area contributed by atoms with Crippen molar-refractivity contribution >= 4 is 5.65 Å². The van der Waals surface area contributed by atoms with Crippen molar-refractivity contribution in [3.05, 3.63) is 65.1 Å². The van der Waals surface area contributed by atoms with E-state index in [-0.39, 0.29) is 6.04 Å². The third-order valence-electron chi connectivity index (χ3n) is 3.62. The average Bonchev–Trinajstić information content (AvgIpc) is 2.88. The maximum Gasteiger partial charge on any atom is 0.160 e. The van der Waals surface area contributed by atoms with Crippen LogP contribution in [0.15, 0.2) is 42.6 Å². The van der Waals surface area contributed by atoms with Crippen molar-refractivity contribution in [3.63, 3.8) is 0 Å². The SMILES string of the molecule is Cc1cc(C)cc(CNC(C)c2nnc3ccccn23)c1. The molecule has 0 saturated carbocycles. The number of pyridine rings is 1. The Hall–Kier alpha value is -2.20. The van der Waals surface area contributed by atoms with Gasteiger partial charge in [0.1, 0.15) is 0 Å². The van der Waals surface area contributed by atoms with Gasteiger partial charge in [-0.2, -0.15) is 0 Å². The molecule has 3 rings (SSSR count). The highest BCUT2D eigenvalue weighted by atomic mass is 15.3. The molecule has 4 heteroatoms. The molecule has 0 radical (unpaired) electrons. The van der Waals surface area contributed by atoms with Crippen LogP contribution in [0.2, 0.25) is 0 Å². The first-order valence-corrected chi connectivity index (χ1v) is 7.24. The van der Waals surface area contributed by atoms with E-state index >= 15 is 0 Å². The normalized spacial score (nSPS) is 12.7. The van der Waals surface area contributed by atoms with Gasteiger partial charge in [-0.3, -0.25) is 4.40 Å². The Balaban J connectivity index is 1.75. The van der Waals surface area contributed by atoms with Crippen molar-refractivity contribution < 1.29 is 0 Å². The van der Waals surface area contributed by atoms with Gasteiger partial charge in [0.05, 0.1) is 6.04 Å². The molecule has 4 nitrogen and oxygen atoms in total. The lowest BCUT2D eigenvalue weighted by Crippen LogP contribution is -2.20. The van der Waals surface area contributed by atoms with Crippen LogP contribution >= 0.6 is 0 Å². The molecule has 1 N–H and O–H groups in total. The van der Waals surface area contributed by atoms with Crippen LogP contribution in [0.5, 0.6) is 0 Å². The summed E-state index contributed by atoms with van der Waals surface area (Å²) in [6.45, 7) is 7.20. The molecule has 2 heterocycles. The number of hydrogen-bond acceptors (Lipinski definition) is 3. The summed E-state index contributed by atoms with van der Waals surface area (Å²) < 4.78 is 2.03. The largest absolute Gasteiger partial charge is 0.303 e. The molecule has 1 atom stereocenters. The number of fused-ring (bicyclic) bond motifs is 1. The Morgan fingerprint density at radius 3 is 2.62 bits per heavy atom. The minimum atomic E-state index is 0.142. The van der Waals surface area contributed by atoms with Crippen molar-refractivity contribution in [2.75, 3.05) is 0 Å². The Morgan fingerprint density at radius 2 is 1.86 bits per heavy atom. The molecule has 0 aliphatic heterocycles. The van der Waals surface area contributed by atoms with Gasteiger partial charge in [-0.1, -0.05) is 35.4 Å². The van der Waals surface area contributed by atoms with E-state index < -0.39 is 0 Å². The standard InChI is InChI=1S/C17H20N4/c1-12-8-13(2)10-15(9-12)11-18-14(3)17-20-19-16-6-4-5-7-21(16)17/h4-10,14,18H,11H2,1-3H3. The summed E-state index contributed by atoms with van der Waals surface area (Å²) in [4.78, 5) is 0. The van der Waals surface area contributed by atoms with Crippen LogP contribution < -0.4 is 5.32 Å². The predicted molar refractivity (Wildman–Crippen MR) is 84.2 cm³/mol. The number of rotatable bonds is 4. The highest BCUT2D eigenvalue weighted by Crippen LogP contribution is 2.14. The van der Waals surface area contributed by atoms with Gasteiger partial charge in [0.2, 0.25) is 0 Å². The van der Waals surface area contributed by atoms with E-state index in [9.17, 15) is 0 Å². The maximum absolute atomic E-state index is 4.29. The molecule has 0 aliphatic carbocycles. The van der Waals surface area contributed by atoms with Crippen molar-refractivity contribution in [3.8, 4) is 0 Å². The summed E-state index contributed by atoms with van der Waals surface area (Å²) in [5, 5.41) is 12.0. The second kappa shape index (κ2) is 5.66. The van der Waals surface area contributed by atoms with Crippen molar-refractivity contribution in [2.45, 2.75) is 33.4 Å². The van der Waals surface area contributed by atoms with E-state index in [1.54, 1.807) is 0 Å². The third-order valence-corrected chi connectivity index (χ3v) is 3.62. The highest BCUT2D eigenvalue weighted by molar-refractivity contribution is 5.37. The van der Waals surface area contributed by atoms with Crippen LogP contribution in [0.25, 0.3) is 5.65 Å². The Labute approximate surface area is 124 Å². The third kappa shape index (κ3) is 2.95. The summed E-state index contributed by atoms with van der Waals surface area (Å²) in [5.74, 6) is 0.940. The van der Waals surface area contributed by atoms with Gasteiger partial charge in [-0.25, -0.2) is 0 Å². The first kappa shape index (κ1) is 13.8. The molecule has 3 aromatic rings. The van der Waals surface area contributed by atoms with Gasteiger partial charge >= 0.3 is 0 Å². The van der Waals surface area contributed by atoms with Crippen molar-refractivity contribution in [1.29, 1.82) is 0 Å². The zero-order valence-corrected chi connectivity index (χ0v) is 12.7. The van der Waals surface area contributed by atoms with Crippen LogP contribution in [0.1, 0.15) is 35.5 Å². The zero-order chi connectivity index (χ0) is 14.8. The molecule has 0 fully saturated rings.